The summed E-state index contributed by atoms with van der Waals surface area (Å²) in [5.74, 6) is 1.72. The quantitative estimate of drug-likeness (QED) is 0.512. The van der Waals surface area contributed by atoms with E-state index in [1.54, 1.807) is 14.2 Å². The number of aliphatic hydroxyl groups is 1. The van der Waals surface area contributed by atoms with Gasteiger partial charge in [0.1, 0.15) is 11.5 Å². The van der Waals surface area contributed by atoms with Crippen LogP contribution in [-0.2, 0) is 18.4 Å². The molecule has 174 valence electrons. The minimum atomic E-state index is -0.591. The first kappa shape index (κ1) is 25.7. The Hall–Kier alpha value is -2.55. The molecule has 0 amide bonds. The van der Waals surface area contributed by atoms with Gasteiger partial charge < -0.3 is 19.5 Å². The lowest BCUT2D eigenvalue weighted by Gasteiger charge is -2.32. The van der Waals surface area contributed by atoms with Gasteiger partial charge in [0.15, 0.2) is 0 Å². The first-order valence-corrected chi connectivity index (χ1v) is 11.3. The molecule has 0 aliphatic rings. The highest BCUT2D eigenvalue weighted by Gasteiger charge is 2.36. The maximum Gasteiger partial charge on any atom is 0.124 e. The Labute approximate surface area is 193 Å². The molecule has 1 atom stereocenters. The summed E-state index contributed by atoms with van der Waals surface area (Å²) in [6.45, 7) is 8.05. The van der Waals surface area contributed by atoms with E-state index in [0.29, 0.717) is 5.75 Å². The number of aryl methyl sites for hydroxylation is 1. The summed E-state index contributed by atoms with van der Waals surface area (Å²) in [5.41, 5.74) is 3.52. The van der Waals surface area contributed by atoms with Crippen molar-refractivity contribution < 1.29 is 14.6 Å². The van der Waals surface area contributed by atoms with E-state index in [0.717, 1.165) is 54.8 Å². The zero-order valence-electron chi connectivity index (χ0n) is 20.4. The predicted molar refractivity (Wildman–Crippen MR) is 129 cm³/mol. The van der Waals surface area contributed by atoms with Crippen LogP contribution in [0.3, 0.4) is 0 Å². The average molecular weight is 439 g/mol. The summed E-state index contributed by atoms with van der Waals surface area (Å²) in [6.07, 6.45) is 2.65. The number of nitrogens with zero attached hydrogens (tertiary/aromatic N) is 2. The minimum Gasteiger partial charge on any atom is -0.496 e. The molecule has 0 saturated heterocycles. The highest BCUT2D eigenvalue weighted by Crippen LogP contribution is 2.38. The fraction of sp³-hybridized carbons (Fsp3) is 0.519. The molecule has 0 radical (unpaired) electrons. The number of benzene rings is 2. The van der Waals surface area contributed by atoms with Crippen molar-refractivity contribution in [3.05, 3.63) is 58.7 Å². The molecule has 0 aliphatic carbocycles. The number of hydrogen-bond acceptors (Lipinski definition) is 5. The number of rotatable bonds is 12. The fourth-order valence-corrected chi connectivity index (χ4v) is 4.25. The highest BCUT2D eigenvalue weighted by molar-refractivity contribution is 5.43. The molecule has 0 aromatic heterocycles. The van der Waals surface area contributed by atoms with Crippen LogP contribution in [0.25, 0.3) is 0 Å². The topological polar surface area (TPSA) is 65.7 Å². The van der Waals surface area contributed by atoms with E-state index in [2.05, 4.69) is 57.0 Å². The SMILES string of the molecule is COc1cc(CCN(C)CCCC(C#N)(c2ccc(CO)c(OC)c2)C(C)C)ccc1C. The third-order valence-electron chi connectivity index (χ3n) is 6.52. The van der Waals surface area contributed by atoms with Crippen molar-refractivity contribution in [1.82, 2.24) is 4.90 Å². The largest absolute Gasteiger partial charge is 0.496 e. The van der Waals surface area contributed by atoms with E-state index >= 15 is 0 Å². The first-order valence-electron chi connectivity index (χ1n) is 11.3. The van der Waals surface area contributed by atoms with Crippen LogP contribution in [0.2, 0.25) is 0 Å². The lowest BCUT2D eigenvalue weighted by Crippen LogP contribution is -2.32. The maximum atomic E-state index is 10.2. The Bertz CT molecular complexity index is 920. The molecule has 1 unspecified atom stereocenters. The van der Waals surface area contributed by atoms with Gasteiger partial charge in [0.2, 0.25) is 0 Å². The number of nitriles is 1. The minimum absolute atomic E-state index is 0.0810. The number of aliphatic hydroxyl groups excluding tert-OH is 1. The van der Waals surface area contributed by atoms with Gasteiger partial charge in [0.05, 0.1) is 32.3 Å². The van der Waals surface area contributed by atoms with Gasteiger partial charge in [-0.25, -0.2) is 0 Å². The first-order chi connectivity index (χ1) is 15.3. The van der Waals surface area contributed by atoms with Crippen molar-refractivity contribution in [3.63, 3.8) is 0 Å². The van der Waals surface area contributed by atoms with Gasteiger partial charge in [-0.15, -0.1) is 0 Å². The van der Waals surface area contributed by atoms with Crippen molar-refractivity contribution in [1.29, 1.82) is 5.26 Å². The summed E-state index contributed by atoms with van der Waals surface area (Å²) in [7, 11) is 5.44. The molecular formula is C27H38N2O3. The van der Waals surface area contributed by atoms with Gasteiger partial charge >= 0.3 is 0 Å². The molecule has 5 heteroatoms. The monoisotopic (exact) mass is 438 g/mol. The summed E-state index contributed by atoms with van der Waals surface area (Å²) in [4.78, 5) is 2.32. The standard InChI is InChI=1S/C27H38N2O3/c1-20(2)27(19-28,24-11-10-23(18-30)26(17-24)32-6)13-7-14-29(4)15-12-22-9-8-21(3)25(16-22)31-5/h8-11,16-17,20,30H,7,12-15,18H2,1-6H3. The summed E-state index contributed by atoms with van der Waals surface area (Å²) < 4.78 is 10.9. The van der Waals surface area contributed by atoms with Gasteiger partial charge in [-0.3, -0.25) is 0 Å². The molecule has 2 aromatic rings. The number of methoxy groups -OCH3 is 2. The Kier molecular flexibility index (Phi) is 9.56. The molecule has 5 nitrogen and oxygen atoms in total. The lowest BCUT2D eigenvalue weighted by molar-refractivity contribution is 0.272. The third kappa shape index (κ3) is 6.03. The fourth-order valence-electron chi connectivity index (χ4n) is 4.25. The molecule has 0 saturated carbocycles. The Morgan fingerprint density at radius 1 is 1.06 bits per heavy atom. The van der Waals surface area contributed by atoms with Gasteiger partial charge in [-0.2, -0.15) is 5.26 Å². The van der Waals surface area contributed by atoms with Crippen molar-refractivity contribution >= 4 is 0 Å². The van der Waals surface area contributed by atoms with Crippen LogP contribution in [0.4, 0.5) is 0 Å². The van der Waals surface area contributed by atoms with Gasteiger partial charge in [0.25, 0.3) is 0 Å². The Balaban J connectivity index is 2.03. The number of hydrogen-bond donors (Lipinski definition) is 1. The summed E-state index contributed by atoms with van der Waals surface area (Å²) >= 11 is 0. The van der Waals surface area contributed by atoms with Crippen LogP contribution in [0.1, 0.15) is 48.9 Å². The van der Waals surface area contributed by atoms with Crippen LogP contribution in [0, 0.1) is 24.2 Å². The summed E-state index contributed by atoms with van der Waals surface area (Å²) in [6, 6.07) is 14.8. The highest BCUT2D eigenvalue weighted by atomic mass is 16.5. The second-order valence-corrected chi connectivity index (χ2v) is 8.88. The van der Waals surface area contributed by atoms with E-state index in [1.807, 2.05) is 18.2 Å². The van der Waals surface area contributed by atoms with E-state index < -0.39 is 5.41 Å². The van der Waals surface area contributed by atoms with E-state index in [4.69, 9.17) is 9.47 Å². The molecular weight excluding hydrogens is 400 g/mol. The van der Waals surface area contributed by atoms with E-state index in [1.165, 1.54) is 5.56 Å². The van der Waals surface area contributed by atoms with Gasteiger partial charge in [0, 0.05) is 12.1 Å². The molecule has 0 fully saturated rings. The molecule has 0 heterocycles. The van der Waals surface area contributed by atoms with Crippen molar-refractivity contribution in [2.45, 2.75) is 52.1 Å². The number of ether oxygens (including phenoxy) is 2. The molecule has 0 aliphatic heterocycles. The maximum absolute atomic E-state index is 10.2. The van der Waals surface area contributed by atoms with Crippen molar-refractivity contribution in [3.8, 4) is 17.6 Å². The molecule has 32 heavy (non-hydrogen) atoms. The summed E-state index contributed by atoms with van der Waals surface area (Å²) in [5, 5.41) is 19.7. The van der Waals surface area contributed by atoms with Gasteiger partial charge in [-0.1, -0.05) is 38.1 Å². The normalized spacial score (nSPS) is 13.1. The molecule has 2 aromatic carbocycles. The molecule has 0 spiro atoms. The van der Waals surface area contributed by atoms with E-state index in [-0.39, 0.29) is 12.5 Å². The predicted octanol–water partition coefficient (Wildman–Crippen LogP) is 4.88. The Morgan fingerprint density at radius 3 is 2.38 bits per heavy atom. The smallest absolute Gasteiger partial charge is 0.124 e. The molecule has 1 N–H and O–H groups in total. The van der Waals surface area contributed by atoms with Crippen LogP contribution < -0.4 is 9.47 Å². The van der Waals surface area contributed by atoms with Gasteiger partial charge in [-0.05, 0) is 74.5 Å². The van der Waals surface area contributed by atoms with Crippen LogP contribution in [0.5, 0.6) is 11.5 Å². The zero-order chi connectivity index (χ0) is 23.7. The third-order valence-corrected chi connectivity index (χ3v) is 6.52. The zero-order valence-corrected chi connectivity index (χ0v) is 20.4. The van der Waals surface area contributed by atoms with Crippen molar-refractivity contribution in [2.75, 3.05) is 34.4 Å². The molecule has 2 rings (SSSR count). The second kappa shape index (κ2) is 11.9. The van der Waals surface area contributed by atoms with Crippen LogP contribution in [0.15, 0.2) is 36.4 Å². The second-order valence-electron chi connectivity index (χ2n) is 8.88. The van der Waals surface area contributed by atoms with Crippen molar-refractivity contribution in [2.24, 2.45) is 5.92 Å². The lowest BCUT2D eigenvalue weighted by atomic mass is 9.69. The average Bonchev–Trinajstić information content (AvgIpc) is 2.80. The van der Waals surface area contributed by atoms with Crippen LogP contribution in [-0.4, -0.2) is 44.4 Å². The van der Waals surface area contributed by atoms with Crippen LogP contribution >= 0.6 is 0 Å². The number of likely N-dealkylation sites (N-methyl/N-ethyl adjacent to an activating group) is 1. The van der Waals surface area contributed by atoms with E-state index in [9.17, 15) is 10.4 Å². The Morgan fingerprint density at radius 2 is 1.78 bits per heavy atom. The molecule has 0 bridgehead atoms.